The van der Waals surface area contributed by atoms with Crippen molar-refractivity contribution in [3.05, 3.63) is 0 Å². The Bertz CT molecular complexity index is 1120. The summed E-state index contributed by atoms with van der Waals surface area (Å²) in [5, 5.41) is 91.5. The molecule has 5 aliphatic rings. The van der Waals surface area contributed by atoms with E-state index >= 15 is 0 Å². The molecule has 5 rings (SSSR count). The Hall–Kier alpha value is -1.82. The highest BCUT2D eigenvalue weighted by molar-refractivity contribution is 5.90. The molecular weight excluding hydrogens is 626 g/mol. The van der Waals surface area contributed by atoms with E-state index in [0.29, 0.717) is 12.5 Å². The fraction of sp³-hybridized carbons (Fsp3) is 0.929. The van der Waals surface area contributed by atoms with Gasteiger partial charge in [-0.2, -0.15) is 0 Å². The molecule has 19 heteroatoms. The lowest BCUT2D eigenvalue weighted by Gasteiger charge is -2.51. The lowest BCUT2D eigenvalue weighted by atomic mass is 9.72. The van der Waals surface area contributed by atoms with Crippen molar-refractivity contribution in [2.45, 2.75) is 129 Å². The van der Waals surface area contributed by atoms with Crippen LogP contribution >= 0.6 is 0 Å². The molecule has 0 bridgehead atoms. The number of nitrogens with one attached hydrogen (secondary N) is 2. The summed E-state index contributed by atoms with van der Waals surface area (Å²) in [6, 6.07) is -2.84. The van der Waals surface area contributed by atoms with Crippen LogP contribution in [0.2, 0.25) is 0 Å². The van der Waals surface area contributed by atoms with Crippen LogP contribution in [0.1, 0.15) is 32.1 Å². The van der Waals surface area contributed by atoms with Gasteiger partial charge in [0.05, 0.1) is 43.1 Å². The Balaban J connectivity index is 1.35. The molecule has 2 heterocycles. The maximum absolute atomic E-state index is 13.2. The van der Waals surface area contributed by atoms with Gasteiger partial charge in [0.1, 0.15) is 36.6 Å². The molecule has 2 aliphatic heterocycles. The summed E-state index contributed by atoms with van der Waals surface area (Å²) in [6.07, 6.45) is -14.1. The average molecular weight is 678 g/mol. The minimum Gasteiger partial charge on any atom is -0.394 e. The highest BCUT2D eigenvalue weighted by Gasteiger charge is 2.61. The normalized spacial score (nSPS) is 49.9. The standard InChI is InChI=1S/C28H51N7O12/c29-10-1-9(2-10)6-33-7-15-19(39)21(41)22(42)24(45-15)18-11(30)3-12(34-26(43)28(44)5-17(28)35-27(31)32)23(20(18)40)47-25-14(38)4-13(37)16(8-36)46-25/h9-25,33,36-42,44H,1-8,29-30H2,(H,34,43)(H4,31,32,35)/t9?,10?,11-,12+,13-,14+,15+,16+,17?,18?,19+,20-,21-,22+,23-,24+,25+,28?/m0/s1. The Morgan fingerprint density at radius 2 is 1.60 bits per heavy atom. The lowest BCUT2D eigenvalue weighted by molar-refractivity contribution is -0.306. The van der Waals surface area contributed by atoms with E-state index in [1.807, 2.05) is 0 Å². The van der Waals surface area contributed by atoms with Gasteiger partial charge in [-0.15, -0.1) is 0 Å². The van der Waals surface area contributed by atoms with Crippen LogP contribution in [0.4, 0.5) is 0 Å². The summed E-state index contributed by atoms with van der Waals surface area (Å²) in [4.78, 5) is 17.1. The van der Waals surface area contributed by atoms with Gasteiger partial charge >= 0.3 is 0 Å². The van der Waals surface area contributed by atoms with Crippen molar-refractivity contribution in [2.75, 3.05) is 19.7 Å². The molecule has 5 fully saturated rings. The van der Waals surface area contributed by atoms with Gasteiger partial charge in [0, 0.05) is 37.4 Å². The molecule has 0 aromatic rings. The number of nitrogens with zero attached hydrogens (tertiary/aromatic N) is 1. The number of ether oxygens (including phenoxy) is 3. The third-order valence-electron chi connectivity index (χ3n) is 10.2. The monoisotopic (exact) mass is 677 g/mol. The highest BCUT2D eigenvalue weighted by Crippen LogP contribution is 2.41. The molecule has 47 heavy (non-hydrogen) atoms. The van der Waals surface area contributed by atoms with E-state index < -0.39 is 109 Å². The van der Waals surface area contributed by atoms with Crippen LogP contribution in [-0.2, 0) is 19.0 Å². The molecule has 18 N–H and O–H groups in total. The van der Waals surface area contributed by atoms with Crippen LogP contribution in [-0.4, -0.2) is 170 Å². The van der Waals surface area contributed by atoms with E-state index in [2.05, 4.69) is 15.6 Å². The summed E-state index contributed by atoms with van der Waals surface area (Å²) in [6.45, 7) is 0.127. The number of rotatable bonds is 11. The molecule has 3 unspecified atom stereocenters. The molecule has 2 saturated heterocycles. The Morgan fingerprint density at radius 1 is 0.894 bits per heavy atom. The molecule has 1 amide bonds. The van der Waals surface area contributed by atoms with E-state index in [9.17, 15) is 45.6 Å². The van der Waals surface area contributed by atoms with Crippen LogP contribution in [0.25, 0.3) is 0 Å². The van der Waals surface area contributed by atoms with E-state index in [4.69, 9.17) is 37.1 Å². The number of guanidine groups is 1. The number of aliphatic hydroxyl groups excluding tert-OH is 7. The average Bonchev–Trinajstić information content (AvgIpc) is 3.64. The molecule has 0 aromatic heterocycles. The van der Waals surface area contributed by atoms with Crippen molar-refractivity contribution in [2.24, 2.45) is 39.8 Å². The van der Waals surface area contributed by atoms with Gasteiger partial charge in [0.2, 0.25) is 0 Å². The predicted molar refractivity (Wildman–Crippen MR) is 161 cm³/mol. The van der Waals surface area contributed by atoms with E-state index in [1.54, 1.807) is 0 Å². The summed E-state index contributed by atoms with van der Waals surface area (Å²) < 4.78 is 17.7. The van der Waals surface area contributed by atoms with Gasteiger partial charge in [-0.25, -0.2) is 4.99 Å². The van der Waals surface area contributed by atoms with Crippen LogP contribution in [0.5, 0.6) is 0 Å². The predicted octanol–water partition coefficient (Wildman–Crippen LogP) is -7.65. The first kappa shape index (κ1) is 36.5. The maximum Gasteiger partial charge on any atom is 0.254 e. The minimum absolute atomic E-state index is 0.0714. The Morgan fingerprint density at radius 3 is 2.23 bits per heavy atom. The fourth-order valence-electron chi connectivity index (χ4n) is 7.31. The number of carbonyl (C=O) groups is 1. The highest BCUT2D eigenvalue weighted by atomic mass is 16.7. The lowest BCUT2D eigenvalue weighted by Crippen LogP contribution is -2.70. The van der Waals surface area contributed by atoms with Crippen molar-refractivity contribution in [3.8, 4) is 0 Å². The molecule has 3 aliphatic carbocycles. The molecule has 3 saturated carbocycles. The number of hydrogen-bond donors (Lipinski definition) is 14. The Kier molecular flexibility index (Phi) is 11.3. The molecule has 0 spiro atoms. The van der Waals surface area contributed by atoms with Crippen LogP contribution in [0.3, 0.4) is 0 Å². The summed E-state index contributed by atoms with van der Waals surface area (Å²) in [5.41, 5.74) is 21.2. The number of nitrogens with two attached hydrogens (primary N) is 4. The Labute approximate surface area is 271 Å². The minimum atomic E-state index is -1.94. The largest absolute Gasteiger partial charge is 0.394 e. The van der Waals surface area contributed by atoms with E-state index in [1.165, 1.54) is 0 Å². The zero-order valence-corrected chi connectivity index (χ0v) is 25.9. The van der Waals surface area contributed by atoms with Crippen molar-refractivity contribution in [1.29, 1.82) is 0 Å². The van der Waals surface area contributed by atoms with Crippen LogP contribution < -0.4 is 33.6 Å². The van der Waals surface area contributed by atoms with Crippen molar-refractivity contribution in [1.82, 2.24) is 10.6 Å². The van der Waals surface area contributed by atoms with Crippen LogP contribution in [0.15, 0.2) is 4.99 Å². The number of aliphatic imine (C=N–C) groups is 1. The zero-order valence-electron chi connectivity index (χ0n) is 25.9. The molecule has 270 valence electrons. The SMILES string of the molecule is NC(N)=NC1CC1(O)C(=O)N[C@@H]1C[C@H](N)C([C@H]2O[C@H](CNCC3CC(N)C3)[C@@H](O)[C@H](O)[C@H]2O)[C@H](O)[C@H]1O[C@H]1O[C@H](CO)[C@@H](O)C[C@H]1O. The van der Waals surface area contributed by atoms with E-state index in [0.717, 1.165) is 12.8 Å². The molecule has 0 aromatic carbocycles. The second kappa shape index (κ2) is 14.6. The third kappa shape index (κ3) is 7.68. The first-order chi connectivity index (χ1) is 22.1. The summed E-state index contributed by atoms with van der Waals surface area (Å²) in [7, 11) is 0. The van der Waals surface area contributed by atoms with Gasteiger partial charge in [0.15, 0.2) is 17.9 Å². The summed E-state index contributed by atoms with van der Waals surface area (Å²) in [5.74, 6) is -1.97. The molecular formula is C28H51N7O12. The number of aliphatic hydroxyl groups is 8. The van der Waals surface area contributed by atoms with E-state index in [-0.39, 0.29) is 37.8 Å². The van der Waals surface area contributed by atoms with Crippen molar-refractivity contribution in [3.63, 3.8) is 0 Å². The van der Waals surface area contributed by atoms with Crippen molar-refractivity contribution >= 4 is 11.9 Å². The molecule has 0 radical (unpaired) electrons. The number of hydrogen-bond acceptors (Lipinski definition) is 16. The van der Waals surface area contributed by atoms with Crippen LogP contribution in [0, 0.1) is 11.8 Å². The topological polar surface area (TPSA) is 347 Å². The molecule has 16 atom stereocenters. The second-order valence-corrected chi connectivity index (χ2v) is 13.8. The van der Waals surface area contributed by atoms with Gasteiger partial charge < -0.3 is 88.6 Å². The summed E-state index contributed by atoms with van der Waals surface area (Å²) >= 11 is 0. The first-order valence-electron chi connectivity index (χ1n) is 16.1. The van der Waals surface area contributed by atoms with Gasteiger partial charge in [-0.3, -0.25) is 4.79 Å². The molecule has 19 nitrogen and oxygen atoms in total. The number of amides is 1. The fourth-order valence-corrected chi connectivity index (χ4v) is 7.31. The third-order valence-corrected chi connectivity index (χ3v) is 10.2. The van der Waals surface area contributed by atoms with Gasteiger partial charge in [-0.05, 0) is 31.7 Å². The first-order valence-corrected chi connectivity index (χ1v) is 16.1. The smallest absolute Gasteiger partial charge is 0.254 e. The second-order valence-electron chi connectivity index (χ2n) is 13.8. The van der Waals surface area contributed by atoms with Gasteiger partial charge in [0.25, 0.3) is 5.91 Å². The van der Waals surface area contributed by atoms with Crippen molar-refractivity contribution < 1.29 is 59.9 Å². The van der Waals surface area contributed by atoms with Gasteiger partial charge in [-0.1, -0.05) is 0 Å². The zero-order chi connectivity index (χ0) is 34.4. The maximum atomic E-state index is 13.2. The number of carbonyl (C=O) groups excluding carboxylic acids is 1. The quantitative estimate of drug-likeness (QED) is 0.0713.